The van der Waals surface area contributed by atoms with Crippen molar-refractivity contribution in [1.29, 1.82) is 0 Å². The van der Waals surface area contributed by atoms with Crippen molar-refractivity contribution >= 4 is 57.0 Å². The molecular weight excluding hydrogens is 310 g/mol. The number of thiazole rings is 1. The molecule has 20 heavy (non-hydrogen) atoms. The summed E-state index contributed by atoms with van der Waals surface area (Å²) in [5.74, 6) is -0.258. The van der Waals surface area contributed by atoms with E-state index in [9.17, 15) is 9.59 Å². The van der Waals surface area contributed by atoms with Crippen molar-refractivity contribution < 1.29 is 9.59 Å². The number of aromatic nitrogens is 1. The number of hydrogen-bond donors (Lipinski definition) is 2. The molecule has 0 aliphatic rings. The van der Waals surface area contributed by atoms with Gasteiger partial charge in [-0.2, -0.15) is 0 Å². The van der Waals surface area contributed by atoms with Gasteiger partial charge in [0.1, 0.15) is 5.01 Å². The average molecular weight is 325 g/mol. The molecule has 0 saturated carbocycles. The Kier molecular flexibility index (Phi) is 4.88. The molecule has 3 nitrogen and oxygen atoms in total. The first-order valence-electron chi connectivity index (χ1n) is 6.24. The van der Waals surface area contributed by atoms with Gasteiger partial charge >= 0.3 is 0 Å². The Morgan fingerprint density at radius 1 is 1.30 bits per heavy atom. The van der Waals surface area contributed by atoms with Crippen LogP contribution in [0.15, 0.2) is 18.2 Å². The van der Waals surface area contributed by atoms with E-state index >= 15 is 0 Å². The number of hydrogen-bond acceptors (Lipinski definition) is 4. The predicted molar refractivity (Wildman–Crippen MR) is 89.1 cm³/mol. The van der Waals surface area contributed by atoms with Crippen molar-refractivity contribution in [3.63, 3.8) is 0 Å². The predicted octanol–water partition coefficient (Wildman–Crippen LogP) is 3.81. The summed E-state index contributed by atoms with van der Waals surface area (Å²) in [5, 5.41) is -0.0474. The van der Waals surface area contributed by atoms with Crippen molar-refractivity contribution in [2.45, 2.75) is 32.1 Å². The fourth-order valence-electron chi connectivity index (χ4n) is 2.06. The molecular formula is C14H15NO2S3. The van der Waals surface area contributed by atoms with Crippen molar-refractivity contribution in [1.82, 2.24) is 4.98 Å². The molecule has 0 aliphatic heterocycles. The number of nitrogens with zero attached hydrogens (tertiary/aromatic N) is 1. The summed E-state index contributed by atoms with van der Waals surface area (Å²) in [6.07, 6.45) is 0.0300. The van der Waals surface area contributed by atoms with E-state index in [0.717, 1.165) is 15.8 Å². The molecule has 0 N–H and O–H groups in total. The van der Waals surface area contributed by atoms with Crippen LogP contribution in [0.4, 0.5) is 0 Å². The summed E-state index contributed by atoms with van der Waals surface area (Å²) in [6.45, 7) is 4.21. The third-order valence-electron chi connectivity index (χ3n) is 3.06. The topological polar surface area (TPSA) is 47.0 Å². The number of benzene rings is 1. The summed E-state index contributed by atoms with van der Waals surface area (Å²) in [5.41, 5.74) is 2.06. The van der Waals surface area contributed by atoms with Crippen molar-refractivity contribution in [3.8, 4) is 0 Å². The summed E-state index contributed by atoms with van der Waals surface area (Å²) in [4.78, 5) is 27.4. The van der Waals surface area contributed by atoms with Crippen molar-refractivity contribution in [3.05, 3.63) is 28.8 Å². The van der Waals surface area contributed by atoms with Crippen LogP contribution in [0, 0.1) is 0 Å². The molecule has 0 amide bonds. The molecule has 1 unspecified atom stereocenters. The maximum absolute atomic E-state index is 11.6. The number of thiol groups is 2. The lowest BCUT2D eigenvalue weighted by Crippen LogP contribution is -2.09. The second kappa shape index (κ2) is 6.28. The molecule has 0 radical (unpaired) electrons. The molecule has 0 saturated heterocycles. The first-order valence-corrected chi connectivity index (χ1v) is 7.95. The Morgan fingerprint density at radius 2 is 2.00 bits per heavy atom. The zero-order valence-electron chi connectivity index (χ0n) is 11.2. The zero-order chi connectivity index (χ0) is 14.9. The van der Waals surface area contributed by atoms with Crippen LogP contribution in [0.3, 0.4) is 0 Å². The lowest BCUT2D eigenvalue weighted by atomic mass is 10.0. The molecule has 0 fully saturated rings. The van der Waals surface area contributed by atoms with E-state index in [1.165, 1.54) is 11.3 Å². The first kappa shape index (κ1) is 15.5. The Bertz CT molecular complexity index is 663. The maximum Gasteiger partial charge on any atom is 0.196 e. The fourth-order valence-corrected chi connectivity index (χ4v) is 3.64. The summed E-state index contributed by atoms with van der Waals surface area (Å²) >= 11 is 9.06. The second-order valence-electron chi connectivity index (χ2n) is 4.89. The van der Waals surface area contributed by atoms with Gasteiger partial charge < -0.3 is 0 Å². The number of para-hydroxylation sites is 1. The molecule has 0 bridgehead atoms. The molecule has 2 rings (SSSR count). The number of rotatable bonds is 5. The zero-order valence-corrected chi connectivity index (χ0v) is 13.8. The van der Waals surface area contributed by atoms with E-state index in [4.69, 9.17) is 0 Å². The molecule has 0 aliphatic carbocycles. The van der Waals surface area contributed by atoms with Gasteiger partial charge in [-0.15, -0.1) is 36.6 Å². The highest BCUT2D eigenvalue weighted by atomic mass is 32.1. The fraction of sp³-hybridized carbons (Fsp3) is 0.357. The lowest BCUT2D eigenvalue weighted by Gasteiger charge is -2.07. The summed E-state index contributed by atoms with van der Waals surface area (Å²) < 4.78 is 1.03. The SMILES string of the molecule is CC(C)c1cccc2sc(C(CC(=O)S)C(=O)S)nc12. The summed E-state index contributed by atoms with van der Waals surface area (Å²) in [6, 6.07) is 6.00. The first-order chi connectivity index (χ1) is 9.40. The Morgan fingerprint density at radius 3 is 2.55 bits per heavy atom. The van der Waals surface area contributed by atoms with Crippen LogP contribution in [-0.2, 0) is 9.59 Å². The van der Waals surface area contributed by atoms with Gasteiger partial charge in [-0.1, -0.05) is 26.0 Å². The number of fused-ring (bicyclic) bond motifs is 1. The van der Waals surface area contributed by atoms with E-state index in [0.29, 0.717) is 10.9 Å². The lowest BCUT2D eigenvalue weighted by molar-refractivity contribution is -0.116. The van der Waals surface area contributed by atoms with E-state index < -0.39 is 5.92 Å². The normalized spacial score (nSPS) is 12.8. The van der Waals surface area contributed by atoms with Gasteiger partial charge in [-0.3, -0.25) is 9.59 Å². The minimum absolute atomic E-state index is 0.0300. The molecule has 1 heterocycles. The molecule has 106 valence electrons. The standard InChI is InChI=1S/C14H15NO2S3/c1-7(2)8-4-3-5-10-12(8)15-13(20-10)9(14(17)19)6-11(16)18/h3-5,7,9H,6H2,1-2H3,(H,16,18)(H,17,19). The van der Waals surface area contributed by atoms with Crippen LogP contribution in [0.25, 0.3) is 10.2 Å². The van der Waals surface area contributed by atoms with E-state index in [-0.39, 0.29) is 16.7 Å². The third-order valence-corrected chi connectivity index (χ3v) is 4.69. The molecule has 0 spiro atoms. The van der Waals surface area contributed by atoms with Gasteiger partial charge in [0.2, 0.25) is 0 Å². The van der Waals surface area contributed by atoms with E-state index in [2.05, 4.69) is 44.1 Å². The van der Waals surface area contributed by atoms with Crippen LogP contribution in [0.5, 0.6) is 0 Å². The highest BCUT2D eigenvalue weighted by molar-refractivity contribution is 7.97. The number of carbonyl (C=O) groups is 2. The Labute approximate surface area is 132 Å². The van der Waals surface area contributed by atoms with Gasteiger partial charge in [0, 0.05) is 6.42 Å². The largest absolute Gasteiger partial charge is 0.287 e. The van der Waals surface area contributed by atoms with Gasteiger partial charge in [-0.25, -0.2) is 4.98 Å². The monoisotopic (exact) mass is 325 g/mol. The van der Waals surface area contributed by atoms with Crippen LogP contribution in [0.1, 0.15) is 42.7 Å². The minimum atomic E-state index is -0.610. The molecule has 6 heteroatoms. The van der Waals surface area contributed by atoms with Gasteiger partial charge in [-0.05, 0) is 17.5 Å². The highest BCUT2D eigenvalue weighted by Crippen LogP contribution is 2.34. The molecule has 1 aromatic heterocycles. The highest BCUT2D eigenvalue weighted by Gasteiger charge is 2.24. The second-order valence-corrected chi connectivity index (χ2v) is 6.89. The Hall–Kier alpha value is -0.850. The maximum atomic E-state index is 11.6. The smallest absolute Gasteiger partial charge is 0.196 e. The molecule has 2 aromatic rings. The van der Waals surface area contributed by atoms with Crippen LogP contribution < -0.4 is 0 Å². The molecule has 1 atom stereocenters. The van der Waals surface area contributed by atoms with E-state index in [1.807, 2.05) is 18.2 Å². The third kappa shape index (κ3) is 3.24. The van der Waals surface area contributed by atoms with Gasteiger partial charge in [0.15, 0.2) is 10.2 Å². The Balaban J connectivity index is 2.52. The summed E-state index contributed by atoms with van der Waals surface area (Å²) in [7, 11) is 0. The van der Waals surface area contributed by atoms with Crippen molar-refractivity contribution in [2.75, 3.05) is 0 Å². The minimum Gasteiger partial charge on any atom is -0.287 e. The van der Waals surface area contributed by atoms with Crippen molar-refractivity contribution in [2.24, 2.45) is 0 Å². The average Bonchev–Trinajstić information content (AvgIpc) is 2.77. The van der Waals surface area contributed by atoms with E-state index in [1.54, 1.807) is 0 Å². The number of carbonyl (C=O) groups excluding carboxylic acids is 2. The van der Waals surface area contributed by atoms with Crippen LogP contribution >= 0.6 is 36.6 Å². The van der Waals surface area contributed by atoms with Gasteiger partial charge in [0.05, 0.1) is 16.1 Å². The van der Waals surface area contributed by atoms with Crippen LogP contribution in [0.2, 0.25) is 0 Å². The van der Waals surface area contributed by atoms with Crippen LogP contribution in [-0.4, -0.2) is 15.2 Å². The quantitative estimate of drug-likeness (QED) is 0.822. The van der Waals surface area contributed by atoms with Gasteiger partial charge in [0.25, 0.3) is 0 Å². The molecule has 1 aromatic carbocycles.